The Balaban J connectivity index is 2.25. The van der Waals surface area contributed by atoms with Gasteiger partial charge in [-0.1, -0.05) is 29.3 Å². The van der Waals surface area contributed by atoms with E-state index in [0.29, 0.717) is 6.04 Å². The van der Waals surface area contributed by atoms with Gasteiger partial charge in [-0.2, -0.15) is 0 Å². The Hall–Kier alpha value is -0.900. The Bertz CT molecular complexity index is 357. The molecule has 3 heteroatoms. The molecule has 0 aliphatic heterocycles. The molecule has 1 N–H and O–H groups in total. The van der Waals surface area contributed by atoms with E-state index in [1.54, 1.807) is 0 Å². The van der Waals surface area contributed by atoms with Crippen molar-refractivity contribution in [3.63, 3.8) is 0 Å². The average molecular weight is 264 g/mol. The van der Waals surface area contributed by atoms with Crippen LogP contribution in [0.5, 0.6) is 0 Å². The molecule has 0 saturated carbocycles. The maximum atomic E-state index is 5.57. The highest BCUT2D eigenvalue weighted by Gasteiger charge is 2.05. The third-order valence-corrected chi connectivity index (χ3v) is 3.12. The summed E-state index contributed by atoms with van der Waals surface area (Å²) >= 11 is 0. The molecule has 1 rings (SSSR count). The fourth-order valence-electron chi connectivity index (χ4n) is 2.07. The minimum Gasteiger partial charge on any atom is -0.379 e. The van der Waals surface area contributed by atoms with Gasteiger partial charge in [-0.15, -0.1) is 0 Å². The fourth-order valence-corrected chi connectivity index (χ4v) is 2.07. The quantitative estimate of drug-likeness (QED) is 0.730. The number of likely N-dealkylation sites (N-methyl/N-ethyl adjacent to an activating group) is 1. The lowest BCUT2D eigenvalue weighted by atomic mass is 10.0. The largest absolute Gasteiger partial charge is 0.379 e. The van der Waals surface area contributed by atoms with E-state index in [1.807, 2.05) is 0 Å². The van der Waals surface area contributed by atoms with E-state index in [2.05, 4.69) is 63.3 Å². The van der Waals surface area contributed by atoms with Gasteiger partial charge in [0.15, 0.2) is 0 Å². The molecule has 19 heavy (non-hydrogen) atoms. The number of ether oxygens (including phenoxy) is 1. The lowest BCUT2D eigenvalue weighted by Gasteiger charge is -2.16. The highest BCUT2D eigenvalue weighted by molar-refractivity contribution is 5.30. The molecule has 1 unspecified atom stereocenters. The Kier molecular flexibility index (Phi) is 7.06. The van der Waals surface area contributed by atoms with Crippen LogP contribution in [-0.4, -0.2) is 45.3 Å². The first kappa shape index (κ1) is 16.2. The summed E-state index contributed by atoms with van der Waals surface area (Å²) in [6, 6.07) is 7.08. The van der Waals surface area contributed by atoms with Crippen molar-refractivity contribution in [1.29, 1.82) is 0 Å². The predicted molar refractivity (Wildman–Crippen MR) is 81.7 cm³/mol. The molecule has 0 spiro atoms. The van der Waals surface area contributed by atoms with Gasteiger partial charge in [-0.05, 0) is 40.4 Å². The lowest BCUT2D eigenvalue weighted by molar-refractivity contribution is 0.118. The number of nitrogens with one attached hydrogen (secondary N) is 1. The summed E-state index contributed by atoms with van der Waals surface area (Å²) < 4.78 is 5.57. The maximum absolute atomic E-state index is 5.57. The van der Waals surface area contributed by atoms with Crippen LogP contribution in [0.25, 0.3) is 0 Å². The summed E-state index contributed by atoms with van der Waals surface area (Å²) in [5.41, 5.74) is 4.00. The lowest BCUT2D eigenvalue weighted by Crippen LogP contribution is -2.25. The minimum atomic E-state index is 0.371. The monoisotopic (exact) mass is 264 g/mol. The average Bonchev–Trinajstić information content (AvgIpc) is 2.31. The minimum absolute atomic E-state index is 0.371. The number of hydrogen-bond acceptors (Lipinski definition) is 3. The van der Waals surface area contributed by atoms with E-state index in [-0.39, 0.29) is 0 Å². The third-order valence-electron chi connectivity index (χ3n) is 3.12. The summed E-state index contributed by atoms with van der Waals surface area (Å²) in [5, 5.41) is 3.50. The standard InChI is InChI=1S/C16H28N2O/c1-13-10-14(2)12-16(11-13)15(3)17-6-8-19-9-7-18(4)5/h10-12,15,17H,6-9H2,1-5H3. The van der Waals surface area contributed by atoms with Crippen LogP contribution in [0.1, 0.15) is 29.7 Å². The van der Waals surface area contributed by atoms with E-state index in [0.717, 1.165) is 26.3 Å². The van der Waals surface area contributed by atoms with Crippen molar-refractivity contribution in [2.75, 3.05) is 40.4 Å². The zero-order valence-corrected chi connectivity index (χ0v) is 13.0. The molecule has 0 saturated heterocycles. The van der Waals surface area contributed by atoms with E-state index < -0.39 is 0 Å². The van der Waals surface area contributed by atoms with E-state index in [4.69, 9.17) is 4.74 Å². The molecule has 1 aromatic carbocycles. The molecule has 1 atom stereocenters. The fraction of sp³-hybridized carbons (Fsp3) is 0.625. The van der Waals surface area contributed by atoms with Crippen LogP contribution < -0.4 is 5.32 Å². The molecule has 0 amide bonds. The molecular formula is C16H28N2O. The van der Waals surface area contributed by atoms with E-state index in [9.17, 15) is 0 Å². The Morgan fingerprint density at radius 3 is 2.32 bits per heavy atom. The van der Waals surface area contributed by atoms with Gasteiger partial charge in [-0.3, -0.25) is 0 Å². The molecule has 0 aliphatic carbocycles. The first-order valence-electron chi connectivity index (χ1n) is 7.03. The van der Waals surface area contributed by atoms with Crippen LogP contribution in [0, 0.1) is 13.8 Å². The Morgan fingerprint density at radius 2 is 1.74 bits per heavy atom. The summed E-state index contributed by atoms with van der Waals surface area (Å²) in [6.45, 7) is 9.93. The van der Waals surface area contributed by atoms with Crippen molar-refractivity contribution in [3.8, 4) is 0 Å². The van der Waals surface area contributed by atoms with Gasteiger partial charge >= 0.3 is 0 Å². The molecular weight excluding hydrogens is 236 g/mol. The van der Waals surface area contributed by atoms with Crippen molar-refractivity contribution in [1.82, 2.24) is 10.2 Å². The van der Waals surface area contributed by atoms with Crippen LogP contribution in [0.4, 0.5) is 0 Å². The van der Waals surface area contributed by atoms with Crippen LogP contribution >= 0.6 is 0 Å². The van der Waals surface area contributed by atoms with Crippen LogP contribution in [0.15, 0.2) is 18.2 Å². The molecule has 0 aliphatic rings. The highest BCUT2D eigenvalue weighted by Crippen LogP contribution is 2.16. The normalized spacial score (nSPS) is 12.9. The first-order valence-corrected chi connectivity index (χ1v) is 7.03. The third kappa shape index (κ3) is 6.71. The SMILES string of the molecule is Cc1cc(C)cc(C(C)NCCOCCN(C)C)c1. The summed E-state index contributed by atoms with van der Waals surface area (Å²) in [4.78, 5) is 2.13. The first-order chi connectivity index (χ1) is 8.99. The van der Waals surface area contributed by atoms with Crippen LogP contribution in [0.3, 0.4) is 0 Å². The number of aryl methyl sites for hydroxylation is 2. The zero-order valence-electron chi connectivity index (χ0n) is 13.0. The predicted octanol–water partition coefficient (Wildman–Crippen LogP) is 2.53. The molecule has 0 aromatic heterocycles. The molecule has 3 nitrogen and oxygen atoms in total. The van der Waals surface area contributed by atoms with Gasteiger partial charge < -0.3 is 15.0 Å². The number of benzene rings is 1. The number of nitrogens with zero attached hydrogens (tertiary/aromatic N) is 1. The smallest absolute Gasteiger partial charge is 0.0593 e. The molecule has 108 valence electrons. The molecule has 0 fully saturated rings. The van der Waals surface area contributed by atoms with Crippen molar-refractivity contribution in [2.24, 2.45) is 0 Å². The molecule has 0 radical (unpaired) electrons. The topological polar surface area (TPSA) is 24.5 Å². The maximum Gasteiger partial charge on any atom is 0.0593 e. The van der Waals surface area contributed by atoms with Gasteiger partial charge in [0.05, 0.1) is 13.2 Å². The summed E-state index contributed by atoms with van der Waals surface area (Å²) in [5.74, 6) is 0. The van der Waals surface area contributed by atoms with Gasteiger partial charge in [0.1, 0.15) is 0 Å². The van der Waals surface area contributed by atoms with Gasteiger partial charge in [0.25, 0.3) is 0 Å². The Labute approximate surface area is 118 Å². The van der Waals surface area contributed by atoms with Crippen LogP contribution in [-0.2, 0) is 4.74 Å². The van der Waals surface area contributed by atoms with Gasteiger partial charge in [0.2, 0.25) is 0 Å². The van der Waals surface area contributed by atoms with Crippen molar-refractivity contribution >= 4 is 0 Å². The molecule has 0 heterocycles. The Morgan fingerprint density at radius 1 is 1.11 bits per heavy atom. The second-order valence-corrected chi connectivity index (χ2v) is 5.51. The van der Waals surface area contributed by atoms with E-state index in [1.165, 1.54) is 16.7 Å². The second-order valence-electron chi connectivity index (χ2n) is 5.51. The summed E-state index contributed by atoms with van der Waals surface area (Å²) in [6.07, 6.45) is 0. The summed E-state index contributed by atoms with van der Waals surface area (Å²) in [7, 11) is 4.12. The van der Waals surface area contributed by atoms with Crippen molar-refractivity contribution in [2.45, 2.75) is 26.8 Å². The van der Waals surface area contributed by atoms with Crippen molar-refractivity contribution in [3.05, 3.63) is 34.9 Å². The van der Waals surface area contributed by atoms with Crippen LogP contribution in [0.2, 0.25) is 0 Å². The highest BCUT2D eigenvalue weighted by atomic mass is 16.5. The van der Waals surface area contributed by atoms with E-state index >= 15 is 0 Å². The van der Waals surface area contributed by atoms with Gasteiger partial charge in [0, 0.05) is 19.1 Å². The second kappa shape index (κ2) is 8.31. The number of rotatable bonds is 8. The molecule has 1 aromatic rings. The molecule has 0 bridgehead atoms. The number of hydrogen-bond donors (Lipinski definition) is 1. The zero-order chi connectivity index (χ0) is 14.3. The van der Waals surface area contributed by atoms with Crippen molar-refractivity contribution < 1.29 is 4.74 Å². The van der Waals surface area contributed by atoms with Gasteiger partial charge in [-0.25, -0.2) is 0 Å².